The first kappa shape index (κ1) is 13.2. The minimum Gasteiger partial charge on any atom is -0.397 e. The lowest BCUT2D eigenvalue weighted by molar-refractivity contribution is -0.129. The summed E-state index contributed by atoms with van der Waals surface area (Å²) in [7, 11) is 3.35. The predicted octanol–water partition coefficient (Wildman–Crippen LogP) is 0.599. The van der Waals surface area contributed by atoms with E-state index in [0.717, 1.165) is 0 Å². The second kappa shape index (κ2) is 5.17. The number of likely N-dealkylation sites (N-methyl/N-ethyl adjacent to an activating group) is 1. The molecule has 1 saturated heterocycles. The van der Waals surface area contributed by atoms with E-state index in [1.807, 2.05) is 18.2 Å². The molecule has 102 valence electrons. The van der Waals surface area contributed by atoms with E-state index in [1.54, 1.807) is 25.1 Å². The van der Waals surface area contributed by atoms with Crippen molar-refractivity contribution in [3.63, 3.8) is 0 Å². The minimum absolute atomic E-state index is 0.0868. The molecule has 1 aromatic carbocycles. The van der Waals surface area contributed by atoms with Gasteiger partial charge in [-0.15, -0.1) is 0 Å². The summed E-state index contributed by atoms with van der Waals surface area (Å²) in [5, 5.41) is 0. The summed E-state index contributed by atoms with van der Waals surface area (Å²) in [6.45, 7) is 1.19. The fourth-order valence-corrected chi connectivity index (χ4v) is 1.99. The van der Waals surface area contributed by atoms with Crippen LogP contribution in [0.1, 0.15) is 0 Å². The summed E-state index contributed by atoms with van der Waals surface area (Å²) >= 11 is 0. The van der Waals surface area contributed by atoms with Crippen LogP contribution in [0, 0.1) is 0 Å². The summed E-state index contributed by atoms with van der Waals surface area (Å²) in [5.74, 6) is -0.0868. The highest BCUT2D eigenvalue weighted by Crippen LogP contribution is 2.26. The topological polar surface area (TPSA) is 69.9 Å². The third-order valence-corrected chi connectivity index (χ3v) is 3.15. The summed E-state index contributed by atoms with van der Waals surface area (Å²) in [4.78, 5) is 28.5. The Balaban J connectivity index is 2.10. The van der Waals surface area contributed by atoms with Gasteiger partial charge in [0.25, 0.3) is 0 Å². The Labute approximate surface area is 112 Å². The Bertz CT molecular complexity index is 501. The molecule has 19 heavy (non-hydrogen) atoms. The lowest BCUT2D eigenvalue weighted by Gasteiger charge is -2.20. The van der Waals surface area contributed by atoms with Crippen molar-refractivity contribution in [2.75, 3.05) is 44.4 Å². The van der Waals surface area contributed by atoms with Gasteiger partial charge in [0.1, 0.15) is 6.54 Å². The molecule has 1 heterocycles. The number of benzene rings is 1. The molecule has 2 N–H and O–H groups in total. The highest BCUT2D eigenvalue weighted by Gasteiger charge is 2.31. The van der Waals surface area contributed by atoms with Gasteiger partial charge in [-0.05, 0) is 12.1 Å². The smallest absolute Gasteiger partial charge is 0.325 e. The van der Waals surface area contributed by atoms with Gasteiger partial charge in [-0.3, -0.25) is 9.69 Å². The molecule has 2 rings (SSSR count). The molecule has 0 unspecified atom stereocenters. The Morgan fingerprint density at radius 2 is 2.00 bits per heavy atom. The number of carbonyl (C=O) groups is 2. The van der Waals surface area contributed by atoms with Gasteiger partial charge < -0.3 is 15.5 Å². The van der Waals surface area contributed by atoms with Crippen molar-refractivity contribution in [3.8, 4) is 0 Å². The summed E-state index contributed by atoms with van der Waals surface area (Å²) in [6.07, 6.45) is 0. The molecule has 1 aliphatic rings. The highest BCUT2D eigenvalue weighted by atomic mass is 16.2. The van der Waals surface area contributed by atoms with Crippen molar-refractivity contribution >= 4 is 23.3 Å². The molecule has 0 aliphatic carbocycles. The van der Waals surface area contributed by atoms with E-state index in [9.17, 15) is 9.59 Å². The number of nitrogens with zero attached hydrogens (tertiary/aromatic N) is 3. The number of carbonyl (C=O) groups excluding carboxylic acids is 2. The second-order valence-electron chi connectivity index (χ2n) is 4.70. The Kier molecular flexibility index (Phi) is 3.59. The number of nitrogen functional groups attached to an aromatic ring is 1. The van der Waals surface area contributed by atoms with Crippen LogP contribution in [-0.2, 0) is 4.79 Å². The molecule has 0 spiro atoms. The molecule has 1 fully saturated rings. The van der Waals surface area contributed by atoms with Gasteiger partial charge in [-0.25, -0.2) is 4.79 Å². The number of para-hydroxylation sites is 2. The molecular formula is C13H18N4O2. The van der Waals surface area contributed by atoms with Crippen molar-refractivity contribution in [1.29, 1.82) is 0 Å². The van der Waals surface area contributed by atoms with Gasteiger partial charge >= 0.3 is 6.03 Å². The summed E-state index contributed by atoms with van der Waals surface area (Å²) in [5.41, 5.74) is 7.14. The van der Waals surface area contributed by atoms with Crippen LogP contribution in [0.15, 0.2) is 24.3 Å². The maximum atomic E-state index is 12.2. The van der Waals surface area contributed by atoms with Gasteiger partial charge in [0.05, 0.1) is 11.4 Å². The molecular weight excluding hydrogens is 244 g/mol. The standard InChI is InChI=1S/C13H18N4O2/c1-15(2)12(18)9-16-7-8-17(13(16)19)11-6-4-3-5-10(11)14/h3-6H,7-9,14H2,1-2H3. The van der Waals surface area contributed by atoms with E-state index in [0.29, 0.717) is 24.5 Å². The van der Waals surface area contributed by atoms with Crippen molar-refractivity contribution in [3.05, 3.63) is 24.3 Å². The lowest BCUT2D eigenvalue weighted by atomic mass is 10.2. The van der Waals surface area contributed by atoms with Crippen molar-refractivity contribution in [2.24, 2.45) is 0 Å². The molecule has 1 aromatic rings. The number of nitrogens with two attached hydrogens (primary N) is 1. The SMILES string of the molecule is CN(C)C(=O)CN1CCN(c2ccccc2N)C1=O. The molecule has 6 nitrogen and oxygen atoms in total. The zero-order chi connectivity index (χ0) is 14.0. The molecule has 0 bridgehead atoms. The Morgan fingerprint density at radius 3 is 2.63 bits per heavy atom. The van der Waals surface area contributed by atoms with E-state index >= 15 is 0 Å². The van der Waals surface area contributed by atoms with Crippen LogP contribution in [0.5, 0.6) is 0 Å². The van der Waals surface area contributed by atoms with E-state index < -0.39 is 0 Å². The number of hydrogen-bond donors (Lipinski definition) is 1. The van der Waals surface area contributed by atoms with Gasteiger partial charge in [0, 0.05) is 27.2 Å². The molecule has 0 radical (unpaired) electrons. The van der Waals surface area contributed by atoms with Crippen molar-refractivity contribution in [1.82, 2.24) is 9.80 Å². The maximum absolute atomic E-state index is 12.2. The number of amides is 3. The first-order valence-corrected chi connectivity index (χ1v) is 6.12. The normalized spacial score (nSPS) is 14.9. The Hall–Kier alpha value is -2.24. The fraction of sp³-hybridized carbons (Fsp3) is 0.385. The first-order valence-electron chi connectivity index (χ1n) is 6.12. The summed E-state index contributed by atoms with van der Waals surface area (Å²) in [6, 6.07) is 7.06. The molecule has 3 amide bonds. The monoisotopic (exact) mass is 262 g/mol. The minimum atomic E-state index is -0.173. The number of anilines is 2. The largest absolute Gasteiger partial charge is 0.397 e. The van der Waals surface area contributed by atoms with Crippen LogP contribution in [-0.4, -0.2) is 55.5 Å². The molecule has 0 saturated carbocycles. The van der Waals surface area contributed by atoms with Gasteiger partial charge in [0.2, 0.25) is 5.91 Å². The fourth-order valence-electron chi connectivity index (χ4n) is 1.99. The summed E-state index contributed by atoms with van der Waals surface area (Å²) < 4.78 is 0. The molecule has 6 heteroatoms. The molecule has 0 aromatic heterocycles. The van der Waals surface area contributed by atoms with Crippen LogP contribution < -0.4 is 10.6 Å². The van der Waals surface area contributed by atoms with Crippen molar-refractivity contribution < 1.29 is 9.59 Å². The lowest BCUT2D eigenvalue weighted by Crippen LogP contribution is -2.39. The van der Waals surface area contributed by atoms with Crippen LogP contribution in [0.2, 0.25) is 0 Å². The van der Waals surface area contributed by atoms with E-state index in [4.69, 9.17) is 5.73 Å². The average Bonchev–Trinajstić information content (AvgIpc) is 2.72. The van der Waals surface area contributed by atoms with Crippen molar-refractivity contribution in [2.45, 2.75) is 0 Å². The molecule has 0 atom stereocenters. The first-order chi connectivity index (χ1) is 9.00. The van der Waals surface area contributed by atoms with E-state index in [1.165, 1.54) is 9.80 Å². The van der Waals surface area contributed by atoms with Gasteiger partial charge in [-0.2, -0.15) is 0 Å². The Morgan fingerprint density at radius 1 is 1.32 bits per heavy atom. The van der Waals surface area contributed by atoms with Gasteiger partial charge in [-0.1, -0.05) is 12.1 Å². The van der Waals surface area contributed by atoms with E-state index in [2.05, 4.69) is 0 Å². The number of rotatable bonds is 3. The number of urea groups is 1. The predicted molar refractivity (Wildman–Crippen MR) is 73.9 cm³/mol. The molecule has 1 aliphatic heterocycles. The zero-order valence-corrected chi connectivity index (χ0v) is 11.2. The van der Waals surface area contributed by atoms with Crippen LogP contribution >= 0.6 is 0 Å². The quantitative estimate of drug-likeness (QED) is 0.811. The highest BCUT2D eigenvalue weighted by molar-refractivity contribution is 5.98. The zero-order valence-electron chi connectivity index (χ0n) is 11.2. The maximum Gasteiger partial charge on any atom is 0.325 e. The average molecular weight is 262 g/mol. The third-order valence-electron chi connectivity index (χ3n) is 3.15. The number of hydrogen-bond acceptors (Lipinski definition) is 3. The van der Waals surface area contributed by atoms with Gasteiger partial charge in [0.15, 0.2) is 0 Å². The van der Waals surface area contributed by atoms with E-state index in [-0.39, 0.29) is 18.5 Å². The second-order valence-corrected chi connectivity index (χ2v) is 4.70. The van der Waals surface area contributed by atoms with Crippen LogP contribution in [0.3, 0.4) is 0 Å². The third kappa shape index (κ3) is 2.62. The van der Waals surface area contributed by atoms with Crippen LogP contribution in [0.4, 0.5) is 16.2 Å². The van der Waals surface area contributed by atoms with Crippen LogP contribution in [0.25, 0.3) is 0 Å².